The Morgan fingerprint density at radius 1 is 1.22 bits per heavy atom. The van der Waals surface area contributed by atoms with E-state index in [-0.39, 0.29) is 18.1 Å². The molecule has 0 bridgehead atoms. The van der Waals surface area contributed by atoms with E-state index in [1.54, 1.807) is 36.4 Å². The number of ether oxygens (including phenoxy) is 1. The molecule has 36 heavy (non-hydrogen) atoms. The second kappa shape index (κ2) is 9.04. The highest BCUT2D eigenvalue weighted by molar-refractivity contribution is 7.89. The molecule has 1 aliphatic heterocycles. The number of amides is 1. The zero-order chi connectivity index (χ0) is 25.6. The maximum absolute atomic E-state index is 13.4. The van der Waals surface area contributed by atoms with Crippen LogP contribution in [-0.4, -0.2) is 70.7 Å². The summed E-state index contributed by atoms with van der Waals surface area (Å²) in [6, 6.07) is 10.5. The summed E-state index contributed by atoms with van der Waals surface area (Å²) in [7, 11) is -2.94. The van der Waals surface area contributed by atoms with Crippen LogP contribution in [0.3, 0.4) is 0 Å². The molecule has 0 aliphatic carbocycles. The van der Waals surface area contributed by atoms with Gasteiger partial charge in [-0.15, -0.1) is 0 Å². The van der Waals surface area contributed by atoms with Crippen molar-refractivity contribution in [3.05, 3.63) is 59.4 Å². The van der Waals surface area contributed by atoms with Crippen molar-refractivity contribution >= 4 is 61.1 Å². The molecule has 2 aromatic heterocycles. The highest BCUT2D eigenvalue weighted by Crippen LogP contribution is 2.27. The van der Waals surface area contributed by atoms with Gasteiger partial charge in [0, 0.05) is 34.4 Å². The number of fused-ring (bicyclic) bond motifs is 2. The van der Waals surface area contributed by atoms with Crippen molar-refractivity contribution in [2.24, 2.45) is 0 Å². The Bertz CT molecular complexity index is 1620. The van der Waals surface area contributed by atoms with Crippen LogP contribution in [0.15, 0.2) is 53.8 Å². The Hall–Kier alpha value is -3.74. The van der Waals surface area contributed by atoms with E-state index >= 15 is 0 Å². The van der Waals surface area contributed by atoms with E-state index in [1.807, 2.05) is 0 Å². The number of carbonyl (C=O) groups excluding carboxylic acids is 2. The molecule has 0 unspecified atom stereocenters. The maximum Gasteiger partial charge on any atom is 0.329 e. The molecule has 0 spiro atoms. The molecule has 1 saturated heterocycles. The van der Waals surface area contributed by atoms with Crippen molar-refractivity contribution in [2.45, 2.75) is 17.6 Å². The second-order valence-electron chi connectivity index (χ2n) is 8.33. The number of aromatic amines is 1. The van der Waals surface area contributed by atoms with Gasteiger partial charge in [-0.25, -0.2) is 23.2 Å². The number of rotatable bonds is 5. The normalized spacial score (nSPS) is 17.1. The van der Waals surface area contributed by atoms with Crippen LogP contribution in [0.5, 0.6) is 0 Å². The zero-order valence-corrected chi connectivity index (χ0v) is 20.6. The first-order valence-corrected chi connectivity index (χ1v) is 12.6. The highest BCUT2D eigenvalue weighted by atomic mass is 35.5. The van der Waals surface area contributed by atoms with Crippen molar-refractivity contribution in [2.75, 3.05) is 25.9 Å². The first-order valence-electron chi connectivity index (χ1n) is 10.8. The number of anilines is 1. The fourth-order valence-corrected chi connectivity index (χ4v) is 5.86. The number of hydrogen-bond acceptors (Lipinski definition) is 8. The van der Waals surface area contributed by atoms with E-state index in [4.69, 9.17) is 22.1 Å². The third-order valence-electron chi connectivity index (χ3n) is 6.12. The molecule has 3 N–H and O–H groups in total. The van der Waals surface area contributed by atoms with E-state index in [2.05, 4.69) is 15.0 Å². The standard InChI is InChI=1S/C23H21ClN6O5S/c1-35-23(32)19-10-29(36(33,34)20-8-14-7-15(24)3-5-17(14)28-20)11-21(31)30(19)9-13-2-4-16-18(6-13)26-12-27-22(16)25/h2-8,12,19,28H,9-11H2,1H3,(H2,25,26,27)/t19-/m0/s1. The molecular weight excluding hydrogens is 508 g/mol. The van der Waals surface area contributed by atoms with Gasteiger partial charge in [0.1, 0.15) is 23.2 Å². The minimum absolute atomic E-state index is 0.0528. The lowest BCUT2D eigenvalue weighted by molar-refractivity contribution is -0.157. The molecule has 1 aliphatic rings. The van der Waals surface area contributed by atoms with E-state index in [1.165, 1.54) is 24.4 Å². The minimum Gasteiger partial charge on any atom is -0.467 e. The van der Waals surface area contributed by atoms with Crippen molar-refractivity contribution < 1.29 is 22.7 Å². The Morgan fingerprint density at radius 2 is 2.03 bits per heavy atom. The van der Waals surface area contributed by atoms with Crippen LogP contribution in [-0.2, 0) is 30.9 Å². The number of methoxy groups -OCH3 is 1. The Kier molecular flexibility index (Phi) is 6.02. The molecule has 1 fully saturated rings. The fourth-order valence-electron chi connectivity index (χ4n) is 4.26. The van der Waals surface area contributed by atoms with Crippen LogP contribution < -0.4 is 5.73 Å². The molecule has 13 heteroatoms. The van der Waals surface area contributed by atoms with Crippen LogP contribution >= 0.6 is 11.6 Å². The number of hydrogen-bond donors (Lipinski definition) is 2. The van der Waals surface area contributed by atoms with Gasteiger partial charge in [-0.3, -0.25) is 4.79 Å². The maximum atomic E-state index is 13.4. The number of sulfonamides is 1. The van der Waals surface area contributed by atoms with Gasteiger partial charge in [0.25, 0.3) is 10.0 Å². The monoisotopic (exact) mass is 528 g/mol. The Labute approximate surface area is 210 Å². The van der Waals surface area contributed by atoms with Crippen LogP contribution in [0.2, 0.25) is 5.02 Å². The Morgan fingerprint density at radius 3 is 2.81 bits per heavy atom. The average molecular weight is 529 g/mol. The summed E-state index contributed by atoms with van der Waals surface area (Å²) in [6.45, 7) is -0.647. The predicted molar refractivity (Wildman–Crippen MR) is 132 cm³/mol. The van der Waals surface area contributed by atoms with Crippen LogP contribution in [0.25, 0.3) is 21.8 Å². The zero-order valence-electron chi connectivity index (χ0n) is 19.0. The fraction of sp³-hybridized carbons (Fsp3) is 0.217. The van der Waals surface area contributed by atoms with Gasteiger partial charge >= 0.3 is 5.97 Å². The van der Waals surface area contributed by atoms with Crippen molar-refractivity contribution in [1.82, 2.24) is 24.2 Å². The largest absolute Gasteiger partial charge is 0.467 e. The SMILES string of the molecule is COC(=O)[C@@H]1CN(S(=O)(=O)c2cc3cc(Cl)ccc3[nH]2)CC(=O)N1Cc1ccc2c(N)ncnc2c1. The quantitative estimate of drug-likeness (QED) is 0.373. The van der Waals surface area contributed by atoms with E-state index in [0.29, 0.717) is 38.2 Å². The van der Waals surface area contributed by atoms with Crippen LogP contribution in [0.1, 0.15) is 5.56 Å². The number of carbonyl (C=O) groups is 2. The number of nitrogens with two attached hydrogens (primary N) is 1. The number of aromatic nitrogens is 3. The molecule has 11 nitrogen and oxygen atoms in total. The average Bonchev–Trinajstić information content (AvgIpc) is 3.29. The summed E-state index contributed by atoms with van der Waals surface area (Å²) in [5.41, 5.74) is 7.73. The van der Waals surface area contributed by atoms with Gasteiger partial charge in [-0.05, 0) is 42.0 Å². The summed E-state index contributed by atoms with van der Waals surface area (Å²) in [6.07, 6.45) is 1.34. The lowest BCUT2D eigenvalue weighted by Gasteiger charge is -2.38. The number of nitrogens with zero attached hydrogens (tertiary/aromatic N) is 4. The van der Waals surface area contributed by atoms with Crippen molar-refractivity contribution in [3.63, 3.8) is 0 Å². The summed E-state index contributed by atoms with van der Waals surface area (Å²) in [5, 5.41) is 1.63. The summed E-state index contributed by atoms with van der Waals surface area (Å²) >= 11 is 6.01. The van der Waals surface area contributed by atoms with E-state index in [9.17, 15) is 18.0 Å². The predicted octanol–water partition coefficient (Wildman–Crippen LogP) is 1.92. The lowest BCUT2D eigenvalue weighted by atomic mass is 10.1. The van der Waals surface area contributed by atoms with Gasteiger partial charge in [-0.2, -0.15) is 4.31 Å². The van der Waals surface area contributed by atoms with Gasteiger partial charge < -0.3 is 20.4 Å². The number of benzene rings is 2. The molecule has 5 rings (SSSR count). The molecule has 186 valence electrons. The van der Waals surface area contributed by atoms with Gasteiger partial charge in [0.05, 0.1) is 19.2 Å². The smallest absolute Gasteiger partial charge is 0.329 e. The molecular formula is C23H21ClN6O5S. The molecule has 2 aromatic carbocycles. The Balaban J connectivity index is 1.44. The number of nitrogens with one attached hydrogen (secondary N) is 1. The number of halogens is 1. The van der Waals surface area contributed by atoms with E-state index in [0.717, 1.165) is 4.31 Å². The summed E-state index contributed by atoms with van der Waals surface area (Å²) in [5.74, 6) is -0.936. The minimum atomic E-state index is -4.13. The third kappa shape index (κ3) is 4.23. The van der Waals surface area contributed by atoms with Gasteiger partial charge in [-0.1, -0.05) is 17.7 Å². The first kappa shape index (κ1) is 24.0. The summed E-state index contributed by atoms with van der Waals surface area (Å²) < 4.78 is 32.7. The van der Waals surface area contributed by atoms with Crippen molar-refractivity contribution in [3.8, 4) is 0 Å². The summed E-state index contributed by atoms with van der Waals surface area (Å²) in [4.78, 5) is 38.2. The first-order chi connectivity index (χ1) is 17.2. The van der Waals surface area contributed by atoms with Crippen LogP contribution in [0, 0.1) is 0 Å². The third-order valence-corrected chi connectivity index (χ3v) is 8.09. The van der Waals surface area contributed by atoms with E-state index < -0.39 is 34.5 Å². The number of esters is 1. The molecule has 0 saturated carbocycles. The molecule has 1 atom stereocenters. The van der Waals surface area contributed by atoms with Crippen LogP contribution in [0.4, 0.5) is 5.82 Å². The number of piperazine rings is 1. The van der Waals surface area contributed by atoms with Gasteiger partial charge in [0.15, 0.2) is 0 Å². The molecule has 0 radical (unpaired) electrons. The van der Waals surface area contributed by atoms with Crippen molar-refractivity contribution in [1.29, 1.82) is 0 Å². The lowest BCUT2D eigenvalue weighted by Crippen LogP contribution is -2.60. The number of nitrogen functional groups attached to an aromatic ring is 1. The molecule has 1 amide bonds. The topological polar surface area (TPSA) is 152 Å². The molecule has 4 aromatic rings. The number of H-pyrrole nitrogens is 1. The second-order valence-corrected chi connectivity index (χ2v) is 10.7. The highest BCUT2D eigenvalue weighted by Gasteiger charge is 2.42. The molecule has 3 heterocycles. The van der Waals surface area contributed by atoms with Gasteiger partial charge in [0.2, 0.25) is 5.91 Å².